The predicted molar refractivity (Wildman–Crippen MR) is 116 cm³/mol. The van der Waals surface area contributed by atoms with Crippen molar-refractivity contribution >= 4 is 30.7 Å². The van der Waals surface area contributed by atoms with Crippen molar-refractivity contribution in [3.05, 3.63) is 71.8 Å². The monoisotopic (exact) mass is 409 g/mol. The Morgan fingerprint density at radius 2 is 1.48 bits per heavy atom. The summed E-state index contributed by atoms with van der Waals surface area (Å²) in [5.41, 5.74) is 8.52. The van der Waals surface area contributed by atoms with Crippen molar-refractivity contribution in [3.63, 3.8) is 0 Å². The fourth-order valence-electron chi connectivity index (χ4n) is 3.35. The van der Waals surface area contributed by atoms with Gasteiger partial charge in [-0.1, -0.05) is 60.7 Å². The fourth-order valence-corrected chi connectivity index (χ4v) is 3.35. The van der Waals surface area contributed by atoms with Gasteiger partial charge in [-0.3, -0.25) is 9.69 Å². The van der Waals surface area contributed by atoms with E-state index in [0.717, 1.165) is 38.0 Å². The number of rotatable bonds is 6. The maximum atomic E-state index is 12.3. The van der Waals surface area contributed by atoms with E-state index in [1.165, 1.54) is 5.56 Å². The Morgan fingerprint density at radius 3 is 2.04 bits per heavy atom. The average Bonchev–Trinajstić information content (AvgIpc) is 2.65. The highest BCUT2D eigenvalue weighted by molar-refractivity contribution is 5.85. The summed E-state index contributed by atoms with van der Waals surface area (Å²) in [6.45, 7) is 3.00. The van der Waals surface area contributed by atoms with E-state index in [9.17, 15) is 4.79 Å². The third kappa shape index (κ3) is 7.51. The molecule has 2 aromatic carbocycles. The van der Waals surface area contributed by atoms with E-state index < -0.39 is 6.04 Å². The number of nitrogens with two attached hydrogens (primary N) is 1. The Bertz CT molecular complexity index is 662. The van der Waals surface area contributed by atoms with Crippen molar-refractivity contribution in [2.45, 2.75) is 37.9 Å². The molecular formula is C21H29Cl2N3O. The zero-order chi connectivity index (χ0) is 17.5. The second-order valence-corrected chi connectivity index (χ2v) is 6.84. The van der Waals surface area contributed by atoms with Gasteiger partial charge in [0.1, 0.15) is 0 Å². The lowest BCUT2D eigenvalue weighted by Crippen LogP contribution is -2.50. The summed E-state index contributed by atoms with van der Waals surface area (Å²) in [5, 5.41) is 3.13. The topological polar surface area (TPSA) is 58.4 Å². The Hall–Kier alpha value is -1.59. The molecule has 0 aromatic heterocycles. The first-order valence-electron chi connectivity index (χ1n) is 9.07. The summed E-state index contributed by atoms with van der Waals surface area (Å²) in [5.74, 6) is -0.0367. The van der Waals surface area contributed by atoms with Gasteiger partial charge in [0.25, 0.3) is 0 Å². The highest BCUT2D eigenvalue weighted by atomic mass is 35.5. The standard InChI is InChI=1S/C21H27N3O.2ClH/c22-20(15-17-7-3-1-4-8-17)21(25)23-19-11-13-24(14-12-19)16-18-9-5-2-6-10-18;;/h1-10,19-20H,11-16,22H2,(H,23,25);2*1H. The van der Waals surface area contributed by atoms with Gasteiger partial charge >= 0.3 is 0 Å². The first kappa shape index (κ1) is 23.4. The molecule has 0 radical (unpaired) electrons. The Balaban J connectivity index is 0.00000182. The third-order valence-corrected chi connectivity index (χ3v) is 4.82. The van der Waals surface area contributed by atoms with Crippen molar-refractivity contribution in [1.29, 1.82) is 0 Å². The zero-order valence-corrected chi connectivity index (χ0v) is 17.1. The summed E-state index contributed by atoms with van der Waals surface area (Å²) in [4.78, 5) is 14.8. The molecule has 3 rings (SSSR count). The van der Waals surface area contributed by atoms with Crippen LogP contribution in [-0.2, 0) is 17.8 Å². The maximum Gasteiger partial charge on any atom is 0.237 e. The highest BCUT2D eigenvalue weighted by Crippen LogP contribution is 2.14. The van der Waals surface area contributed by atoms with Crippen molar-refractivity contribution < 1.29 is 4.79 Å². The molecule has 2 aromatic rings. The molecule has 0 saturated carbocycles. The van der Waals surface area contributed by atoms with Crippen molar-refractivity contribution in [2.75, 3.05) is 13.1 Å². The van der Waals surface area contributed by atoms with Crippen molar-refractivity contribution in [2.24, 2.45) is 5.73 Å². The summed E-state index contributed by atoms with van der Waals surface area (Å²) < 4.78 is 0. The number of hydrogen-bond acceptors (Lipinski definition) is 3. The molecule has 0 bridgehead atoms. The quantitative estimate of drug-likeness (QED) is 0.769. The van der Waals surface area contributed by atoms with Crippen LogP contribution in [0.3, 0.4) is 0 Å². The number of amides is 1. The van der Waals surface area contributed by atoms with Crippen LogP contribution in [0.15, 0.2) is 60.7 Å². The first-order valence-corrected chi connectivity index (χ1v) is 9.07. The molecular weight excluding hydrogens is 381 g/mol. The van der Waals surface area contributed by atoms with Gasteiger partial charge in [0.15, 0.2) is 0 Å². The summed E-state index contributed by atoms with van der Waals surface area (Å²) in [6.07, 6.45) is 2.55. The fraction of sp³-hybridized carbons (Fsp3) is 0.381. The number of carbonyl (C=O) groups excluding carboxylic acids is 1. The van der Waals surface area contributed by atoms with E-state index in [2.05, 4.69) is 34.5 Å². The van der Waals surface area contributed by atoms with Crippen LogP contribution < -0.4 is 11.1 Å². The summed E-state index contributed by atoms with van der Waals surface area (Å²) in [6, 6.07) is 20.2. The van der Waals surface area contributed by atoms with Crippen LogP contribution in [0, 0.1) is 0 Å². The molecule has 1 fully saturated rings. The largest absolute Gasteiger partial charge is 0.352 e. The number of piperidine rings is 1. The number of carbonyl (C=O) groups is 1. The number of nitrogens with zero attached hydrogens (tertiary/aromatic N) is 1. The van der Waals surface area contributed by atoms with E-state index in [1.807, 2.05) is 36.4 Å². The van der Waals surface area contributed by atoms with E-state index in [-0.39, 0.29) is 36.8 Å². The molecule has 6 heteroatoms. The molecule has 4 nitrogen and oxygen atoms in total. The SMILES string of the molecule is Cl.Cl.NC(Cc1ccccc1)C(=O)NC1CCN(Cc2ccccc2)CC1. The van der Waals surface area contributed by atoms with Gasteiger partial charge in [0, 0.05) is 25.7 Å². The maximum absolute atomic E-state index is 12.3. The van der Waals surface area contributed by atoms with Crippen LogP contribution in [0.5, 0.6) is 0 Å². The minimum absolute atomic E-state index is 0. The van der Waals surface area contributed by atoms with Crippen LogP contribution in [0.4, 0.5) is 0 Å². The zero-order valence-electron chi connectivity index (χ0n) is 15.4. The molecule has 1 aliphatic heterocycles. The molecule has 1 amide bonds. The third-order valence-electron chi connectivity index (χ3n) is 4.82. The number of halogens is 2. The Labute approximate surface area is 174 Å². The smallest absolute Gasteiger partial charge is 0.237 e. The van der Waals surface area contributed by atoms with E-state index >= 15 is 0 Å². The minimum Gasteiger partial charge on any atom is -0.352 e. The van der Waals surface area contributed by atoms with Crippen LogP contribution in [-0.4, -0.2) is 36.0 Å². The van der Waals surface area contributed by atoms with E-state index in [0.29, 0.717) is 6.42 Å². The molecule has 1 saturated heterocycles. The van der Waals surface area contributed by atoms with E-state index in [1.54, 1.807) is 0 Å². The number of nitrogens with one attached hydrogen (secondary N) is 1. The summed E-state index contributed by atoms with van der Waals surface area (Å²) in [7, 11) is 0. The molecule has 1 unspecified atom stereocenters. The molecule has 3 N–H and O–H groups in total. The first-order chi connectivity index (χ1) is 12.2. The number of likely N-dealkylation sites (tertiary alicyclic amines) is 1. The van der Waals surface area contributed by atoms with Gasteiger partial charge in [-0.25, -0.2) is 0 Å². The normalized spacial score (nSPS) is 15.9. The lowest BCUT2D eigenvalue weighted by atomic mass is 10.0. The average molecular weight is 410 g/mol. The van der Waals surface area contributed by atoms with Gasteiger partial charge in [0.05, 0.1) is 6.04 Å². The highest BCUT2D eigenvalue weighted by Gasteiger charge is 2.23. The van der Waals surface area contributed by atoms with Crippen molar-refractivity contribution in [3.8, 4) is 0 Å². The van der Waals surface area contributed by atoms with Gasteiger partial charge in [-0.05, 0) is 30.4 Å². The molecule has 1 heterocycles. The lowest BCUT2D eigenvalue weighted by molar-refractivity contribution is -0.123. The second kappa shape index (κ2) is 12.0. The van der Waals surface area contributed by atoms with Gasteiger partial charge in [-0.15, -0.1) is 24.8 Å². The summed E-state index contributed by atoms with van der Waals surface area (Å²) >= 11 is 0. The molecule has 27 heavy (non-hydrogen) atoms. The van der Waals surface area contributed by atoms with Gasteiger partial charge in [0.2, 0.25) is 5.91 Å². The van der Waals surface area contributed by atoms with Crippen LogP contribution >= 0.6 is 24.8 Å². The van der Waals surface area contributed by atoms with Crippen molar-refractivity contribution in [1.82, 2.24) is 10.2 Å². The van der Waals surface area contributed by atoms with Crippen LogP contribution in [0.2, 0.25) is 0 Å². The lowest BCUT2D eigenvalue weighted by Gasteiger charge is -2.32. The minimum atomic E-state index is -0.482. The predicted octanol–water partition coefficient (Wildman–Crippen LogP) is 3.18. The van der Waals surface area contributed by atoms with Gasteiger partial charge < -0.3 is 11.1 Å². The molecule has 0 aliphatic carbocycles. The van der Waals surface area contributed by atoms with Crippen LogP contribution in [0.25, 0.3) is 0 Å². The number of hydrogen-bond donors (Lipinski definition) is 2. The Morgan fingerprint density at radius 1 is 0.963 bits per heavy atom. The number of benzene rings is 2. The molecule has 148 valence electrons. The van der Waals surface area contributed by atoms with Gasteiger partial charge in [-0.2, -0.15) is 0 Å². The van der Waals surface area contributed by atoms with E-state index in [4.69, 9.17) is 5.73 Å². The van der Waals surface area contributed by atoms with Crippen LogP contribution in [0.1, 0.15) is 24.0 Å². The molecule has 0 spiro atoms. The Kier molecular flexibility index (Phi) is 10.4. The second-order valence-electron chi connectivity index (χ2n) is 6.84. The molecule has 1 atom stereocenters. The molecule has 1 aliphatic rings.